The predicted molar refractivity (Wildman–Crippen MR) is 108 cm³/mol. The van der Waals surface area contributed by atoms with E-state index in [1.54, 1.807) is 6.20 Å². The summed E-state index contributed by atoms with van der Waals surface area (Å²) in [5, 5.41) is 5.04. The number of rotatable bonds is 4. The first-order valence-corrected chi connectivity index (χ1v) is 8.80. The molecule has 0 aliphatic rings. The third-order valence-corrected chi connectivity index (χ3v) is 4.40. The van der Waals surface area contributed by atoms with Crippen molar-refractivity contribution in [1.29, 1.82) is 0 Å². The molecule has 2 amide bonds. The molecule has 0 saturated carbocycles. The molecule has 0 aromatic heterocycles. The molecule has 0 spiro atoms. The van der Waals surface area contributed by atoms with E-state index < -0.39 is 17.7 Å². The number of halogens is 2. The molecule has 0 aliphatic carbocycles. The minimum absolute atomic E-state index is 0.0966. The summed E-state index contributed by atoms with van der Waals surface area (Å²) in [6.07, 6.45) is 1.60. The summed E-state index contributed by atoms with van der Waals surface area (Å²) >= 11 is 0. The Morgan fingerprint density at radius 1 is 0.857 bits per heavy atom. The van der Waals surface area contributed by atoms with Crippen LogP contribution in [0.25, 0.3) is 5.57 Å². The maximum Gasteiger partial charge on any atom is 0.323 e. The van der Waals surface area contributed by atoms with Crippen molar-refractivity contribution < 1.29 is 13.6 Å². The maximum absolute atomic E-state index is 13.7. The maximum atomic E-state index is 13.7. The predicted octanol–water partition coefficient (Wildman–Crippen LogP) is 5.79. The molecule has 0 radical (unpaired) electrons. The van der Waals surface area contributed by atoms with Crippen molar-refractivity contribution in [3.05, 3.63) is 107 Å². The van der Waals surface area contributed by atoms with E-state index in [1.165, 1.54) is 6.07 Å². The molecule has 2 N–H and O–H groups in total. The number of hydrogen-bond donors (Lipinski definition) is 2. The van der Waals surface area contributed by atoms with Gasteiger partial charge in [0.1, 0.15) is 11.6 Å². The van der Waals surface area contributed by atoms with E-state index in [0.717, 1.165) is 40.0 Å². The molecule has 0 fully saturated rings. The molecule has 3 rings (SSSR count). The second-order valence-corrected chi connectivity index (χ2v) is 6.41. The van der Waals surface area contributed by atoms with Crippen molar-refractivity contribution in [2.75, 3.05) is 5.32 Å². The number of carbonyl (C=O) groups excluding carboxylic acids is 1. The quantitative estimate of drug-likeness (QED) is 0.592. The van der Waals surface area contributed by atoms with Crippen LogP contribution in [0.3, 0.4) is 0 Å². The zero-order valence-corrected chi connectivity index (χ0v) is 15.6. The molecule has 5 heteroatoms. The average molecular weight is 378 g/mol. The molecule has 3 nitrogen and oxygen atoms in total. The number of nitrogens with one attached hydrogen (secondary N) is 2. The van der Waals surface area contributed by atoms with Gasteiger partial charge in [0.15, 0.2) is 0 Å². The number of amides is 2. The molecule has 0 unspecified atom stereocenters. The lowest BCUT2D eigenvalue weighted by Crippen LogP contribution is -2.25. The molecule has 0 bridgehead atoms. The van der Waals surface area contributed by atoms with Crippen LogP contribution in [0.4, 0.5) is 19.3 Å². The highest BCUT2D eigenvalue weighted by atomic mass is 19.1. The van der Waals surface area contributed by atoms with Crippen LogP contribution in [-0.4, -0.2) is 6.03 Å². The van der Waals surface area contributed by atoms with Gasteiger partial charge in [-0.15, -0.1) is 0 Å². The van der Waals surface area contributed by atoms with Crippen LogP contribution in [0.15, 0.2) is 72.9 Å². The van der Waals surface area contributed by atoms with Crippen LogP contribution in [0, 0.1) is 25.5 Å². The van der Waals surface area contributed by atoms with Gasteiger partial charge in [-0.05, 0) is 48.2 Å². The molecular formula is C23H20F2N2O. The fourth-order valence-corrected chi connectivity index (χ4v) is 2.94. The fraction of sp³-hybridized carbons (Fsp3) is 0.0870. The molecule has 3 aromatic rings. The molecule has 28 heavy (non-hydrogen) atoms. The molecule has 142 valence electrons. The van der Waals surface area contributed by atoms with Crippen LogP contribution >= 0.6 is 0 Å². The summed E-state index contributed by atoms with van der Waals surface area (Å²) in [5.41, 5.74) is 4.81. The van der Waals surface area contributed by atoms with E-state index in [9.17, 15) is 13.6 Å². The van der Waals surface area contributed by atoms with Gasteiger partial charge in [0.2, 0.25) is 0 Å². The van der Waals surface area contributed by atoms with Crippen LogP contribution < -0.4 is 10.6 Å². The van der Waals surface area contributed by atoms with Gasteiger partial charge >= 0.3 is 6.03 Å². The Kier molecular flexibility index (Phi) is 5.84. The zero-order valence-electron chi connectivity index (χ0n) is 15.6. The molecule has 3 aromatic carbocycles. The van der Waals surface area contributed by atoms with E-state index in [2.05, 4.69) is 10.6 Å². The monoisotopic (exact) mass is 378 g/mol. The Morgan fingerprint density at radius 3 is 1.96 bits per heavy atom. The number of urea groups is 1. The normalized spacial score (nSPS) is 10.3. The summed E-state index contributed by atoms with van der Waals surface area (Å²) < 4.78 is 26.8. The second-order valence-electron chi connectivity index (χ2n) is 6.41. The van der Waals surface area contributed by atoms with Crippen molar-refractivity contribution in [3.63, 3.8) is 0 Å². The minimum Gasteiger partial charge on any atom is -0.314 e. The van der Waals surface area contributed by atoms with Crippen LogP contribution in [0.2, 0.25) is 0 Å². The Labute approximate surface area is 162 Å². The van der Waals surface area contributed by atoms with Crippen molar-refractivity contribution in [1.82, 2.24) is 5.32 Å². The van der Waals surface area contributed by atoms with Gasteiger partial charge in [-0.25, -0.2) is 13.6 Å². The molecular weight excluding hydrogens is 358 g/mol. The Bertz CT molecular complexity index is 997. The molecule has 0 saturated heterocycles. The Balaban J connectivity index is 1.90. The first-order chi connectivity index (χ1) is 13.5. The summed E-state index contributed by atoms with van der Waals surface area (Å²) in [6.45, 7) is 3.99. The topological polar surface area (TPSA) is 41.1 Å². The van der Waals surface area contributed by atoms with E-state index in [1.807, 2.05) is 62.4 Å². The first kappa shape index (κ1) is 19.3. The van der Waals surface area contributed by atoms with Gasteiger partial charge in [0.25, 0.3) is 0 Å². The highest BCUT2D eigenvalue weighted by molar-refractivity contribution is 5.92. The third-order valence-electron chi connectivity index (χ3n) is 4.40. The van der Waals surface area contributed by atoms with Crippen molar-refractivity contribution in [3.8, 4) is 0 Å². The lowest BCUT2D eigenvalue weighted by molar-refractivity contribution is 0.255. The van der Waals surface area contributed by atoms with Crippen LogP contribution in [0.1, 0.15) is 22.3 Å². The first-order valence-electron chi connectivity index (χ1n) is 8.80. The van der Waals surface area contributed by atoms with Gasteiger partial charge in [0, 0.05) is 17.8 Å². The van der Waals surface area contributed by atoms with Crippen LogP contribution in [0.5, 0.6) is 0 Å². The summed E-state index contributed by atoms with van der Waals surface area (Å²) in [5.74, 6) is -1.54. The minimum atomic E-state index is -0.836. The largest absolute Gasteiger partial charge is 0.323 e. The van der Waals surface area contributed by atoms with Gasteiger partial charge in [-0.2, -0.15) is 0 Å². The van der Waals surface area contributed by atoms with Gasteiger partial charge < -0.3 is 10.6 Å². The van der Waals surface area contributed by atoms with Crippen molar-refractivity contribution in [2.24, 2.45) is 0 Å². The van der Waals surface area contributed by atoms with E-state index in [0.29, 0.717) is 0 Å². The lowest BCUT2D eigenvalue weighted by atomic mass is 9.92. The number of carbonyl (C=O) groups is 1. The third kappa shape index (κ3) is 4.43. The Morgan fingerprint density at radius 2 is 1.43 bits per heavy atom. The number of hydrogen-bond acceptors (Lipinski definition) is 1. The summed E-state index contributed by atoms with van der Waals surface area (Å²) in [6, 6.07) is 18.1. The van der Waals surface area contributed by atoms with E-state index in [4.69, 9.17) is 0 Å². The standard InChI is InChI=1S/C23H20F2N2O/c1-15-7-3-5-9-18(15)20(19-10-6-4-8-16(19)2)14-26-23(28)27-22-12-11-17(24)13-21(22)25/h3-14H,1-2H3,(H2,26,27,28). The van der Waals surface area contributed by atoms with E-state index >= 15 is 0 Å². The number of anilines is 1. The smallest absolute Gasteiger partial charge is 0.314 e. The van der Waals surface area contributed by atoms with Gasteiger partial charge in [0.05, 0.1) is 5.69 Å². The molecule has 0 atom stereocenters. The van der Waals surface area contributed by atoms with Crippen LogP contribution in [-0.2, 0) is 0 Å². The second kappa shape index (κ2) is 8.48. The van der Waals surface area contributed by atoms with Gasteiger partial charge in [-0.1, -0.05) is 48.5 Å². The highest BCUT2D eigenvalue weighted by Crippen LogP contribution is 2.27. The fourth-order valence-electron chi connectivity index (χ4n) is 2.94. The highest BCUT2D eigenvalue weighted by Gasteiger charge is 2.12. The molecule has 0 heterocycles. The van der Waals surface area contributed by atoms with Crippen molar-refractivity contribution >= 4 is 17.3 Å². The lowest BCUT2D eigenvalue weighted by Gasteiger charge is -2.14. The molecule has 0 aliphatic heterocycles. The zero-order chi connectivity index (χ0) is 20.1. The average Bonchev–Trinajstić information content (AvgIpc) is 2.67. The SMILES string of the molecule is Cc1ccccc1C(=CNC(=O)Nc1ccc(F)cc1F)c1ccccc1C. The number of benzene rings is 3. The van der Waals surface area contributed by atoms with Crippen molar-refractivity contribution in [2.45, 2.75) is 13.8 Å². The number of aryl methyl sites for hydroxylation is 2. The summed E-state index contributed by atoms with van der Waals surface area (Å²) in [7, 11) is 0. The van der Waals surface area contributed by atoms with Gasteiger partial charge in [-0.3, -0.25) is 0 Å². The Hall–Kier alpha value is -3.47. The summed E-state index contributed by atoms with van der Waals surface area (Å²) in [4.78, 5) is 12.3. The van der Waals surface area contributed by atoms with E-state index in [-0.39, 0.29) is 5.69 Å².